The molecule has 4 heteroatoms. The van der Waals surface area contributed by atoms with Crippen LogP contribution in [0.25, 0.3) is 0 Å². The summed E-state index contributed by atoms with van der Waals surface area (Å²) in [5.41, 5.74) is 0.915. The first-order valence-corrected chi connectivity index (χ1v) is 3.33. The van der Waals surface area contributed by atoms with Crippen molar-refractivity contribution in [3.8, 4) is 0 Å². The Morgan fingerprint density at radius 2 is 2.64 bits per heavy atom. The molecule has 2 heterocycles. The van der Waals surface area contributed by atoms with Gasteiger partial charge in [0.2, 0.25) is 0 Å². The Kier molecular flexibility index (Phi) is 1.44. The Bertz CT molecular complexity index is 273. The molecule has 1 N–H and O–H groups in total. The molecule has 0 aliphatic carbocycles. The highest BCUT2D eigenvalue weighted by Crippen LogP contribution is 2.09. The largest absolute Gasteiger partial charge is 0.325 e. The SMILES string of the molecule is [c]1n[nH]cc1N1C=NC=CC1. The number of hydrogen-bond donors (Lipinski definition) is 1. The second kappa shape index (κ2) is 2.57. The van der Waals surface area contributed by atoms with E-state index in [2.05, 4.69) is 21.4 Å². The van der Waals surface area contributed by atoms with Gasteiger partial charge in [0.1, 0.15) is 6.20 Å². The van der Waals surface area contributed by atoms with Gasteiger partial charge in [0.05, 0.1) is 12.0 Å². The van der Waals surface area contributed by atoms with Gasteiger partial charge in [-0.25, -0.2) is 4.99 Å². The van der Waals surface area contributed by atoms with Gasteiger partial charge in [-0.1, -0.05) is 0 Å². The molecule has 4 nitrogen and oxygen atoms in total. The molecular formula is C7H7N4. The summed E-state index contributed by atoms with van der Waals surface area (Å²) in [5, 5.41) is 6.41. The lowest BCUT2D eigenvalue weighted by Crippen LogP contribution is -2.22. The molecule has 1 aromatic rings. The molecule has 0 fully saturated rings. The number of aromatic amines is 1. The molecule has 2 rings (SSSR count). The number of aromatic nitrogens is 2. The van der Waals surface area contributed by atoms with Gasteiger partial charge >= 0.3 is 0 Å². The second-order valence-electron chi connectivity index (χ2n) is 2.18. The molecule has 1 radical (unpaired) electrons. The zero-order chi connectivity index (χ0) is 7.52. The van der Waals surface area contributed by atoms with Crippen molar-refractivity contribution in [1.82, 2.24) is 10.2 Å². The average molecular weight is 147 g/mol. The molecule has 11 heavy (non-hydrogen) atoms. The van der Waals surface area contributed by atoms with E-state index < -0.39 is 0 Å². The van der Waals surface area contributed by atoms with Crippen LogP contribution in [0.15, 0.2) is 23.5 Å². The van der Waals surface area contributed by atoms with E-state index in [9.17, 15) is 0 Å². The molecule has 0 saturated heterocycles. The van der Waals surface area contributed by atoms with Crippen LogP contribution in [0.4, 0.5) is 5.69 Å². The maximum atomic E-state index is 3.97. The van der Waals surface area contributed by atoms with Crippen LogP contribution in [0.3, 0.4) is 0 Å². The summed E-state index contributed by atoms with van der Waals surface area (Å²) >= 11 is 0. The van der Waals surface area contributed by atoms with Gasteiger partial charge in [-0.15, -0.1) is 0 Å². The number of aliphatic imine (C=N–C) groups is 1. The Morgan fingerprint density at radius 3 is 3.27 bits per heavy atom. The maximum absolute atomic E-state index is 3.97. The molecular weight excluding hydrogens is 140 g/mol. The van der Waals surface area contributed by atoms with E-state index in [1.54, 1.807) is 18.7 Å². The fourth-order valence-electron chi connectivity index (χ4n) is 0.911. The summed E-state index contributed by atoms with van der Waals surface area (Å²) in [5.74, 6) is 0. The van der Waals surface area contributed by atoms with E-state index in [1.165, 1.54) is 0 Å². The highest BCUT2D eigenvalue weighted by Gasteiger charge is 2.04. The maximum Gasteiger partial charge on any atom is 0.138 e. The van der Waals surface area contributed by atoms with Gasteiger partial charge < -0.3 is 4.90 Å². The Labute approximate surface area is 64.2 Å². The van der Waals surface area contributed by atoms with Crippen molar-refractivity contribution >= 4 is 12.0 Å². The van der Waals surface area contributed by atoms with Crippen molar-refractivity contribution in [2.75, 3.05) is 11.4 Å². The van der Waals surface area contributed by atoms with E-state index in [0.29, 0.717) is 0 Å². The van der Waals surface area contributed by atoms with Gasteiger partial charge in [0, 0.05) is 18.9 Å². The van der Waals surface area contributed by atoms with Crippen molar-refractivity contribution in [2.45, 2.75) is 0 Å². The van der Waals surface area contributed by atoms with Crippen LogP contribution in [0.5, 0.6) is 0 Å². The predicted octanol–water partition coefficient (Wildman–Crippen LogP) is 0.572. The standard InChI is InChI=1S/C7H7N4/c1-2-8-6-11(3-1)7-4-9-10-5-7/h1-2,4,6H,3H2,(H,9,10). The summed E-state index contributed by atoms with van der Waals surface area (Å²) in [4.78, 5) is 5.92. The third-order valence-electron chi connectivity index (χ3n) is 1.45. The molecule has 1 aromatic heterocycles. The summed E-state index contributed by atoms with van der Waals surface area (Å²) < 4.78 is 0. The summed E-state index contributed by atoms with van der Waals surface area (Å²) in [7, 11) is 0. The molecule has 0 amide bonds. The smallest absolute Gasteiger partial charge is 0.138 e. The first kappa shape index (κ1) is 6.15. The van der Waals surface area contributed by atoms with E-state index in [0.717, 1.165) is 12.2 Å². The number of H-pyrrole nitrogens is 1. The van der Waals surface area contributed by atoms with Gasteiger partial charge in [0.15, 0.2) is 0 Å². The van der Waals surface area contributed by atoms with Crippen LogP contribution < -0.4 is 4.90 Å². The molecule has 0 atom stereocenters. The molecule has 0 bridgehead atoms. The van der Waals surface area contributed by atoms with Crippen LogP contribution >= 0.6 is 0 Å². The Hall–Kier alpha value is -1.58. The molecule has 1 aliphatic heterocycles. The minimum Gasteiger partial charge on any atom is -0.325 e. The van der Waals surface area contributed by atoms with Crippen LogP contribution in [-0.4, -0.2) is 23.1 Å². The summed E-state index contributed by atoms with van der Waals surface area (Å²) in [6.45, 7) is 0.833. The number of nitrogens with one attached hydrogen (secondary N) is 1. The zero-order valence-corrected chi connectivity index (χ0v) is 5.86. The molecule has 55 valence electrons. The van der Waals surface area contributed by atoms with Crippen molar-refractivity contribution in [3.05, 3.63) is 24.7 Å². The third-order valence-corrected chi connectivity index (χ3v) is 1.45. The van der Waals surface area contributed by atoms with Crippen LogP contribution in [-0.2, 0) is 0 Å². The van der Waals surface area contributed by atoms with Crippen molar-refractivity contribution < 1.29 is 0 Å². The van der Waals surface area contributed by atoms with Crippen LogP contribution in [0, 0.1) is 6.20 Å². The van der Waals surface area contributed by atoms with E-state index in [-0.39, 0.29) is 0 Å². The van der Waals surface area contributed by atoms with Crippen molar-refractivity contribution in [3.63, 3.8) is 0 Å². The minimum atomic E-state index is 0.833. The highest BCUT2D eigenvalue weighted by molar-refractivity contribution is 5.79. The van der Waals surface area contributed by atoms with Gasteiger partial charge in [0.25, 0.3) is 0 Å². The summed E-state index contributed by atoms with van der Waals surface area (Å²) in [6.07, 6.45) is 10.1. The van der Waals surface area contributed by atoms with Crippen molar-refractivity contribution in [2.24, 2.45) is 4.99 Å². The second-order valence-corrected chi connectivity index (χ2v) is 2.18. The minimum absolute atomic E-state index is 0.833. The van der Waals surface area contributed by atoms with E-state index in [4.69, 9.17) is 0 Å². The zero-order valence-electron chi connectivity index (χ0n) is 5.86. The number of hydrogen-bond acceptors (Lipinski definition) is 3. The van der Waals surface area contributed by atoms with Crippen LogP contribution in [0.1, 0.15) is 0 Å². The third kappa shape index (κ3) is 1.14. The summed E-state index contributed by atoms with van der Waals surface area (Å²) in [6, 6.07) is 0. The fourth-order valence-corrected chi connectivity index (χ4v) is 0.911. The first-order chi connectivity index (χ1) is 5.47. The topological polar surface area (TPSA) is 44.3 Å². The number of anilines is 1. The van der Waals surface area contributed by atoms with Gasteiger partial charge in [-0.2, -0.15) is 5.10 Å². The molecule has 0 spiro atoms. The Balaban J connectivity index is 2.19. The van der Waals surface area contributed by atoms with Gasteiger partial charge in [-0.3, -0.25) is 5.10 Å². The number of rotatable bonds is 1. The van der Waals surface area contributed by atoms with E-state index >= 15 is 0 Å². The normalized spacial score (nSPS) is 15.8. The lowest BCUT2D eigenvalue weighted by atomic mass is 10.4. The van der Waals surface area contributed by atoms with E-state index in [1.807, 2.05) is 11.0 Å². The lowest BCUT2D eigenvalue weighted by molar-refractivity contribution is 1.08. The van der Waals surface area contributed by atoms with Crippen molar-refractivity contribution in [1.29, 1.82) is 0 Å². The Morgan fingerprint density at radius 1 is 1.64 bits per heavy atom. The highest BCUT2D eigenvalue weighted by atomic mass is 15.2. The monoisotopic (exact) mass is 147 g/mol. The fraction of sp³-hybridized carbons (Fsp3) is 0.143. The molecule has 0 unspecified atom stereocenters. The quantitative estimate of drug-likeness (QED) is 0.631. The number of nitrogens with zero attached hydrogens (tertiary/aromatic N) is 3. The molecule has 1 aliphatic rings. The predicted molar refractivity (Wildman–Crippen MR) is 42.4 cm³/mol. The average Bonchev–Trinajstić information content (AvgIpc) is 2.58. The van der Waals surface area contributed by atoms with Gasteiger partial charge in [-0.05, 0) is 6.08 Å². The molecule has 0 aromatic carbocycles. The van der Waals surface area contributed by atoms with Crippen LogP contribution in [0.2, 0.25) is 0 Å². The lowest BCUT2D eigenvalue weighted by Gasteiger charge is -2.15. The molecule has 0 saturated carbocycles. The first-order valence-electron chi connectivity index (χ1n) is 3.33.